The number of rotatable bonds is 4. The van der Waals surface area contributed by atoms with E-state index in [-0.39, 0.29) is 12.3 Å². The van der Waals surface area contributed by atoms with Gasteiger partial charge in [-0.05, 0) is 36.4 Å². The van der Waals surface area contributed by atoms with Crippen molar-refractivity contribution >= 4 is 23.2 Å². The first-order valence-corrected chi connectivity index (χ1v) is 6.58. The Morgan fingerprint density at radius 1 is 1.14 bits per heavy atom. The van der Waals surface area contributed by atoms with Gasteiger partial charge in [-0.25, -0.2) is 0 Å². The number of carbonyl (C=O) groups is 1. The van der Waals surface area contributed by atoms with Crippen molar-refractivity contribution < 1.29 is 22.7 Å². The third kappa shape index (κ3) is 4.66. The molecule has 0 heterocycles. The van der Waals surface area contributed by atoms with Gasteiger partial charge in [-0.1, -0.05) is 23.7 Å². The molecular weight excluding hydrogens is 319 g/mol. The van der Waals surface area contributed by atoms with Crippen LogP contribution in [-0.4, -0.2) is 12.5 Å². The molecular formula is C15H11ClF3NO2. The lowest BCUT2D eigenvalue weighted by atomic mass is 10.2. The van der Waals surface area contributed by atoms with Gasteiger partial charge in [0.25, 0.3) is 5.91 Å². The molecule has 0 unspecified atom stereocenters. The summed E-state index contributed by atoms with van der Waals surface area (Å²) >= 11 is 5.76. The van der Waals surface area contributed by atoms with Crippen LogP contribution in [0.4, 0.5) is 18.9 Å². The van der Waals surface area contributed by atoms with Gasteiger partial charge >= 0.3 is 6.18 Å². The van der Waals surface area contributed by atoms with Crippen molar-refractivity contribution in [2.45, 2.75) is 6.18 Å². The third-order valence-electron chi connectivity index (χ3n) is 2.64. The van der Waals surface area contributed by atoms with E-state index in [2.05, 4.69) is 5.32 Å². The molecule has 0 saturated heterocycles. The zero-order valence-electron chi connectivity index (χ0n) is 11.2. The highest BCUT2D eigenvalue weighted by atomic mass is 35.5. The van der Waals surface area contributed by atoms with E-state index in [4.69, 9.17) is 16.3 Å². The molecule has 0 atom stereocenters. The average molecular weight is 330 g/mol. The number of ether oxygens (including phenoxy) is 1. The Morgan fingerprint density at radius 3 is 2.55 bits per heavy atom. The van der Waals surface area contributed by atoms with Crippen molar-refractivity contribution in [3.63, 3.8) is 0 Å². The lowest BCUT2D eigenvalue weighted by molar-refractivity contribution is -0.137. The second-order valence-electron chi connectivity index (χ2n) is 4.37. The Bertz CT molecular complexity index is 674. The zero-order chi connectivity index (χ0) is 16.2. The van der Waals surface area contributed by atoms with Crippen LogP contribution in [0, 0.1) is 0 Å². The molecule has 0 spiro atoms. The standard InChI is InChI=1S/C15H11ClF3NO2/c16-11-4-2-6-13(8-11)22-9-14(21)20-12-5-1-3-10(7-12)15(17,18)19/h1-8H,9H2,(H,20,21). The summed E-state index contributed by atoms with van der Waals surface area (Å²) in [7, 11) is 0. The van der Waals surface area contributed by atoms with Gasteiger partial charge in [0.05, 0.1) is 5.56 Å². The summed E-state index contributed by atoms with van der Waals surface area (Å²) in [5.74, 6) is -0.175. The average Bonchev–Trinajstić information content (AvgIpc) is 2.45. The predicted molar refractivity (Wildman–Crippen MR) is 77.0 cm³/mol. The van der Waals surface area contributed by atoms with E-state index < -0.39 is 17.6 Å². The lowest BCUT2D eigenvalue weighted by Crippen LogP contribution is -2.20. The number of alkyl halides is 3. The molecule has 1 N–H and O–H groups in total. The molecule has 116 valence electrons. The van der Waals surface area contributed by atoms with Crippen LogP contribution in [0.3, 0.4) is 0 Å². The van der Waals surface area contributed by atoms with Crippen LogP contribution in [-0.2, 0) is 11.0 Å². The van der Waals surface area contributed by atoms with Crippen LogP contribution in [0.2, 0.25) is 5.02 Å². The molecule has 2 aromatic carbocycles. The lowest BCUT2D eigenvalue weighted by Gasteiger charge is -2.10. The largest absolute Gasteiger partial charge is 0.484 e. The van der Waals surface area contributed by atoms with Gasteiger partial charge in [-0.2, -0.15) is 13.2 Å². The van der Waals surface area contributed by atoms with Crippen LogP contribution in [0.1, 0.15) is 5.56 Å². The first-order chi connectivity index (χ1) is 10.3. The fourth-order valence-corrected chi connectivity index (χ4v) is 1.86. The number of halogens is 4. The Labute approximate surface area is 129 Å². The minimum atomic E-state index is -4.46. The predicted octanol–water partition coefficient (Wildman–Crippen LogP) is 4.38. The monoisotopic (exact) mass is 329 g/mol. The molecule has 2 rings (SSSR count). The Kier molecular flexibility index (Phi) is 4.92. The molecule has 22 heavy (non-hydrogen) atoms. The maximum absolute atomic E-state index is 12.6. The molecule has 2 aromatic rings. The first kappa shape index (κ1) is 16.2. The van der Waals surface area contributed by atoms with Crippen molar-refractivity contribution in [1.82, 2.24) is 0 Å². The van der Waals surface area contributed by atoms with Crippen molar-refractivity contribution in [2.75, 3.05) is 11.9 Å². The highest BCUT2D eigenvalue weighted by Gasteiger charge is 2.30. The van der Waals surface area contributed by atoms with Crippen molar-refractivity contribution in [1.29, 1.82) is 0 Å². The Morgan fingerprint density at radius 2 is 1.86 bits per heavy atom. The fraction of sp³-hybridized carbons (Fsp3) is 0.133. The summed E-state index contributed by atoms with van der Waals surface area (Å²) in [4.78, 5) is 11.7. The fourth-order valence-electron chi connectivity index (χ4n) is 1.68. The van der Waals surface area contributed by atoms with E-state index in [1.54, 1.807) is 18.2 Å². The number of benzene rings is 2. The zero-order valence-corrected chi connectivity index (χ0v) is 11.9. The molecule has 0 aliphatic heterocycles. The highest BCUT2D eigenvalue weighted by molar-refractivity contribution is 6.30. The van der Waals surface area contributed by atoms with E-state index in [9.17, 15) is 18.0 Å². The van der Waals surface area contributed by atoms with Gasteiger partial charge < -0.3 is 10.1 Å². The highest BCUT2D eigenvalue weighted by Crippen LogP contribution is 2.30. The molecule has 0 bridgehead atoms. The van der Waals surface area contributed by atoms with Crippen LogP contribution in [0.5, 0.6) is 5.75 Å². The van der Waals surface area contributed by atoms with Crippen LogP contribution in [0.25, 0.3) is 0 Å². The van der Waals surface area contributed by atoms with Gasteiger partial charge in [0.2, 0.25) is 0 Å². The van der Waals surface area contributed by atoms with Gasteiger partial charge in [-0.3, -0.25) is 4.79 Å². The number of nitrogens with one attached hydrogen (secondary N) is 1. The molecule has 0 fully saturated rings. The number of anilines is 1. The second-order valence-corrected chi connectivity index (χ2v) is 4.81. The van der Waals surface area contributed by atoms with Gasteiger partial charge in [0.1, 0.15) is 5.75 Å². The second kappa shape index (κ2) is 6.70. The quantitative estimate of drug-likeness (QED) is 0.904. The van der Waals surface area contributed by atoms with E-state index in [1.165, 1.54) is 18.2 Å². The van der Waals surface area contributed by atoms with Crippen LogP contribution in [0.15, 0.2) is 48.5 Å². The molecule has 0 radical (unpaired) electrons. The SMILES string of the molecule is O=C(COc1cccc(Cl)c1)Nc1cccc(C(F)(F)F)c1. The molecule has 0 aliphatic carbocycles. The molecule has 3 nitrogen and oxygen atoms in total. The Balaban J connectivity index is 1.95. The third-order valence-corrected chi connectivity index (χ3v) is 2.87. The van der Waals surface area contributed by atoms with Crippen molar-refractivity contribution in [2.24, 2.45) is 0 Å². The van der Waals surface area contributed by atoms with Gasteiger partial charge in [0, 0.05) is 10.7 Å². The topological polar surface area (TPSA) is 38.3 Å². The Hall–Kier alpha value is -2.21. The minimum absolute atomic E-state index is 0.0505. The maximum Gasteiger partial charge on any atom is 0.416 e. The van der Waals surface area contributed by atoms with E-state index >= 15 is 0 Å². The summed E-state index contributed by atoms with van der Waals surface area (Å²) in [6.45, 7) is -0.337. The first-order valence-electron chi connectivity index (χ1n) is 6.20. The summed E-state index contributed by atoms with van der Waals surface area (Å²) < 4.78 is 42.9. The summed E-state index contributed by atoms with van der Waals surface area (Å²) in [5.41, 5.74) is -0.782. The van der Waals surface area contributed by atoms with Crippen LogP contribution >= 0.6 is 11.6 Å². The van der Waals surface area contributed by atoms with Crippen molar-refractivity contribution in [3.05, 3.63) is 59.1 Å². The maximum atomic E-state index is 12.6. The normalized spacial score (nSPS) is 11.1. The molecule has 0 saturated carbocycles. The smallest absolute Gasteiger partial charge is 0.416 e. The van der Waals surface area contributed by atoms with Crippen LogP contribution < -0.4 is 10.1 Å². The number of hydrogen-bond donors (Lipinski definition) is 1. The number of hydrogen-bond acceptors (Lipinski definition) is 2. The van der Waals surface area contributed by atoms with Crippen molar-refractivity contribution in [3.8, 4) is 5.75 Å². The number of amides is 1. The molecule has 7 heteroatoms. The van der Waals surface area contributed by atoms with E-state index in [0.29, 0.717) is 10.8 Å². The van der Waals surface area contributed by atoms with E-state index in [1.807, 2.05) is 0 Å². The van der Waals surface area contributed by atoms with Gasteiger partial charge in [-0.15, -0.1) is 0 Å². The molecule has 0 aromatic heterocycles. The summed E-state index contributed by atoms with van der Waals surface area (Å²) in [6, 6.07) is 10.8. The summed E-state index contributed by atoms with van der Waals surface area (Å²) in [5, 5.41) is 2.80. The number of carbonyl (C=O) groups excluding carboxylic acids is 1. The molecule has 0 aliphatic rings. The summed E-state index contributed by atoms with van der Waals surface area (Å²) in [6.07, 6.45) is -4.46. The van der Waals surface area contributed by atoms with E-state index in [0.717, 1.165) is 12.1 Å². The minimum Gasteiger partial charge on any atom is -0.484 e. The van der Waals surface area contributed by atoms with Gasteiger partial charge in [0.15, 0.2) is 6.61 Å². The molecule has 1 amide bonds.